The van der Waals surface area contributed by atoms with Gasteiger partial charge in [0.05, 0.1) is 4.90 Å². The van der Waals surface area contributed by atoms with Crippen molar-refractivity contribution in [3.05, 3.63) is 29.3 Å². The summed E-state index contributed by atoms with van der Waals surface area (Å²) in [7, 11) is -3.51. The standard InChI is InChI=1S/C17H25N3O3S/c1-13(21)20-9-6-14-4-5-17(11-15(14)7-10-20)24(22,23)19-16-3-2-8-18-12-16/h4-5,11,16,18-19H,2-3,6-10,12H2,1H3. The van der Waals surface area contributed by atoms with Crippen LogP contribution in [0.2, 0.25) is 0 Å². The van der Waals surface area contributed by atoms with Gasteiger partial charge in [-0.05, 0) is 55.5 Å². The van der Waals surface area contributed by atoms with E-state index >= 15 is 0 Å². The van der Waals surface area contributed by atoms with Crippen molar-refractivity contribution >= 4 is 15.9 Å². The summed E-state index contributed by atoms with van der Waals surface area (Å²) in [5.74, 6) is 0.0714. The lowest BCUT2D eigenvalue weighted by Crippen LogP contribution is -2.45. The van der Waals surface area contributed by atoms with Crippen LogP contribution in [-0.2, 0) is 27.7 Å². The molecule has 0 aromatic heterocycles. The van der Waals surface area contributed by atoms with Crippen LogP contribution in [0.3, 0.4) is 0 Å². The SMILES string of the molecule is CC(=O)N1CCc2ccc(S(=O)(=O)NC3CCCNC3)cc2CC1. The Hall–Kier alpha value is -1.44. The molecule has 132 valence electrons. The van der Waals surface area contributed by atoms with Crippen LogP contribution < -0.4 is 10.0 Å². The van der Waals surface area contributed by atoms with E-state index in [2.05, 4.69) is 10.0 Å². The van der Waals surface area contributed by atoms with Gasteiger partial charge in [0.2, 0.25) is 15.9 Å². The first-order valence-corrected chi connectivity index (χ1v) is 10.0. The molecule has 2 aliphatic rings. The topological polar surface area (TPSA) is 78.5 Å². The predicted molar refractivity (Wildman–Crippen MR) is 92.3 cm³/mol. The van der Waals surface area contributed by atoms with Gasteiger partial charge in [0.15, 0.2) is 0 Å². The molecule has 2 N–H and O–H groups in total. The zero-order chi connectivity index (χ0) is 17.2. The summed E-state index contributed by atoms with van der Waals surface area (Å²) in [6, 6.07) is 5.31. The minimum absolute atomic E-state index is 0.0456. The van der Waals surface area contributed by atoms with Crippen LogP contribution in [0.4, 0.5) is 0 Å². The summed E-state index contributed by atoms with van der Waals surface area (Å²) in [5.41, 5.74) is 2.17. The van der Waals surface area contributed by atoms with Crippen molar-refractivity contribution in [1.82, 2.24) is 14.9 Å². The van der Waals surface area contributed by atoms with Crippen molar-refractivity contribution in [1.29, 1.82) is 0 Å². The van der Waals surface area contributed by atoms with Gasteiger partial charge in [-0.25, -0.2) is 13.1 Å². The minimum atomic E-state index is -3.51. The van der Waals surface area contributed by atoms with Crippen molar-refractivity contribution in [2.75, 3.05) is 26.2 Å². The van der Waals surface area contributed by atoms with Crippen molar-refractivity contribution in [3.63, 3.8) is 0 Å². The molecule has 6 nitrogen and oxygen atoms in total. The molecule has 3 rings (SSSR count). The number of fused-ring (bicyclic) bond motifs is 1. The highest BCUT2D eigenvalue weighted by Gasteiger charge is 2.23. The molecule has 0 bridgehead atoms. The Morgan fingerprint density at radius 1 is 1.25 bits per heavy atom. The smallest absolute Gasteiger partial charge is 0.240 e. The number of rotatable bonds is 3. The molecule has 1 aromatic rings. The number of nitrogens with one attached hydrogen (secondary N) is 2. The normalized spacial score (nSPS) is 21.9. The number of sulfonamides is 1. The van der Waals surface area contributed by atoms with Gasteiger partial charge in [-0.2, -0.15) is 0 Å². The number of amides is 1. The Bertz CT molecular complexity index is 712. The fraction of sp³-hybridized carbons (Fsp3) is 0.588. The number of hydrogen-bond donors (Lipinski definition) is 2. The molecule has 2 heterocycles. The van der Waals surface area contributed by atoms with Crippen molar-refractivity contribution in [2.45, 2.75) is 43.5 Å². The first kappa shape index (κ1) is 17.4. The van der Waals surface area contributed by atoms with E-state index < -0.39 is 10.0 Å². The van der Waals surface area contributed by atoms with Crippen LogP contribution in [0.15, 0.2) is 23.1 Å². The van der Waals surface area contributed by atoms with Crippen molar-refractivity contribution in [2.24, 2.45) is 0 Å². The Morgan fingerprint density at radius 3 is 2.67 bits per heavy atom. The molecular formula is C17H25N3O3S. The largest absolute Gasteiger partial charge is 0.342 e. The third-order valence-electron chi connectivity index (χ3n) is 4.85. The van der Waals surface area contributed by atoms with E-state index in [1.54, 1.807) is 19.1 Å². The zero-order valence-electron chi connectivity index (χ0n) is 14.0. The summed E-state index contributed by atoms with van der Waals surface area (Å²) in [4.78, 5) is 13.7. The number of hydrogen-bond acceptors (Lipinski definition) is 4. The predicted octanol–water partition coefficient (Wildman–Crippen LogP) is 0.664. The average Bonchev–Trinajstić information content (AvgIpc) is 2.77. The van der Waals surface area contributed by atoms with Gasteiger partial charge in [-0.3, -0.25) is 4.79 Å². The zero-order valence-corrected chi connectivity index (χ0v) is 14.9. The molecule has 0 aliphatic carbocycles. The summed E-state index contributed by atoms with van der Waals surface area (Å²) in [5, 5.41) is 3.22. The van der Waals surface area contributed by atoms with Gasteiger partial charge in [0.25, 0.3) is 0 Å². The fourth-order valence-electron chi connectivity index (χ4n) is 3.42. The molecule has 1 fully saturated rings. The lowest BCUT2D eigenvalue weighted by atomic mass is 10.0. The minimum Gasteiger partial charge on any atom is -0.342 e. The second kappa shape index (κ2) is 7.21. The highest BCUT2D eigenvalue weighted by Crippen LogP contribution is 2.21. The van der Waals surface area contributed by atoms with Crippen LogP contribution in [0.25, 0.3) is 0 Å². The highest BCUT2D eigenvalue weighted by atomic mass is 32.2. The van der Waals surface area contributed by atoms with E-state index in [9.17, 15) is 13.2 Å². The first-order chi connectivity index (χ1) is 11.5. The van der Waals surface area contributed by atoms with E-state index in [4.69, 9.17) is 0 Å². The van der Waals surface area contributed by atoms with E-state index in [0.717, 1.165) is 36.9 Å². The van der Waals surface area contributed by atoms with Gasteiger partial charge in [0, 0.05) is 32.6 Å². The molecule has 24 heavy (non-hydrogen) atoms. The van der Waals surface area contributed by atoms with Gasteiger partial charge in [-0.15, -0.1) is 0 Å². The molecule has 0 radical (unpaired) electrons. The second-order valence-corrected chi connectivity index (χ2v) is 8.32. The Labute approximate surface area is 143 Å². The van der Waals surface area contributed by atoms with Crippen LogP contribution in [0.1, 0.15) is 30.9 Å². The highest BCUT2D eigenvalue weighted by molar-refractivity contribution is 7.89. The molecule has 7 heteroatoms. The third-order valence-corrected chi connectivity index (χ3v) is 6.37. The van der Waals surface area contributed by atoms with Crippen LogP contribution in [0, 0.1) is 0 Å². The number of carbonyl (C=O) groups excluding carboxylic acids is 1. The molecule has 1 saturated heterocycles. The molecule has 1 amide bonds. The Kier molecular flexibility index (Phi) is 5.22. The maximum Gasteiger partial charge on any atom is 0.240 e. The average molecular weight is 351 g/mol. The summed E-state index contributed by atoms with van der Waals surface area (Å²) >= 11 is 0. The van der Waals surface area contributed by atoms with Crippen LogP contribution in [0.5, 0.6) is 0 Å². The lowest BCUT2D eigenvalue weighted by molar-refractivity contribution is -0.128. The Morgan fingerprint density at radius 2 is 2.00 bits per heavy atom. The number of carbonyl (C=O) groups is 1. The van der Waals surface area contributed by atoms with Crippen molar-refractivity contribution < 1.29 is 13.2 Å². The monoisotopic (exact) mass is 351 g/mol. The quantitative estimate of drug-likeness (QED) is 0.839. The molecule has 0 saturated carbocycles. The first-order valence-electron chi connectivity index (χ1n) is 8.56. The van der Waals surface area contributed by atoms with Crippen LogP contribution in [-0.4, -0.2) is 51.4 Å². The molecule has 0 spiro atoms. The van der Waals surface area contributed by atoms with Gasteiger partial charge in [0.1, 0.15) is 0 Å². The fourth-order valence-corrected chi connectivity index (χ4v) is 4.74. The summed E-state index contributed by atoms with van der Waals surface area (Å²) < 4.78 is 28.1. The Balaban J connectivity index is 1.77. The van der Waals surface area contributed by atoms with E-state index in [0.29, 0.717) is 31.0 Å². The van der Waals surface area contributed by atoms with E-state index in [1.807, 2.05) is 11.0 Å². The number of benzene rings is 1. The molecule has 1 aromatic carbocycles. The summed E-state index contributed by atoms with van der Waals surface area (Å²) in [6.07, 6.45) is 3.32. The maximum atomic E-state index is 12.6. The molecule has 1 unspecified atom stereocenters. The maximum absolute atomic E-state index is 12.6. The summed E-state index contributed by atoms with van der Waals surface area (Å²) in [6.45, 7) is 4.54. The number of piperidine rings is 1. The second-order valence-electron chi connectivity index (χ2n) is 6.60. The third kappa shape index (κ3) is 3.96. The van der Waals surface area contributed by atoms with Crippen LogP contribution >= 0.6 is 0 Å². The van der Waals surface area contributed by atoms with Gasteiger partial charge in [-0.1, -0.05) is 6.07 Å². The van der Waals surface area contributed by atoms with E-state index in [1.165, 1.54) is 0 Å². The molecular weight excluding hydrogens is 326 g/mol. The van der Waals surface area contributed by atoms with E-state index in [-0.39, 0.29) is 11.9 Å². The van der Waals surface area contributed by atoms with Gasteiger partial charge < -0.3 is 10.2 Å². The molecule has 2 aliphatic heterocycles. The number of nitrogens with zero attached hydrogens (tertiary/aromatic N) is 1. The lowest BCUT2D eigenvalue weighted by Gasteiger charge is -2.23. The van der Waals surface area contributed by atoms with Gasteiger partial charge >= 0.3 is 0 Å². The van der Waals surface area contributed by atoms with Crippen molar-refractivity contribution in [3.8, 4) is 0 Å². The molecule has 1 atom stereocenters.